The molecule has 156 valence electrons. The van der Waals surface area contributed by atoms with Gasteiger partial charge in [0, 0.05) is 5.56 Å². The van der Waals surface area contributed by atoms with Gasteiger partial charge in [0.2, 0.25) is 11.7 Å². The van der Waals surface area contributed by atoms with Gasteiger partial charge in [-0.1, -0.05) is 40.7 Å². The average Bonchev–Trinajstić information content (AvgIpc) is 3.48. The minimum absolute atomic E-state index is 0.0701. The lowest BCUT2D eigenvalue weighted by Crippen LogP contribution is -2.39. The number of hydrogen-bond donors (Lipinski definition) is 0. The van der Waals surface area contributed by atoms with E-state index in [-0.39, 0.29) is 12.4 Å². The maximum absolute atomic E-state index is 13.1. The highest BCUT2D eigenvalue weighted by molar-refractivity contribution is 6.25. The van der Waals surface area contributed by atoms with Crippen molar-refractivity contribution in [2.45, 2.75) is 25.6 Å². The van der Waals surface area contributed by atoms with Crippen LogP contribution in [0.3, 0.4) is 0 Å². The lowest BCUT2D eigenvalue weighted by Gasteiger charge is -2.19. The summed E-state index contributed by atoms with van der Waals surface area (Å²) in [5.74, 6) is 0.566. The Hall–Kier alpha value is -4.08. The van der Waals surface area contributed by atoms with Gasteiger partial charge in [-0.3, -0.25) is 14.6 Å². The number of carbonyl (C=O) groups excluding carboxylic acids is 2. The van der Waals surface area contributed by atoms with Crippen LogP contribution in [0.2, 0.25) is 0 Å². The minimum atomic E-state index is -0.893. The molecule has 0 saturated carbocycles. The zero-order valence-corrected chi connectivity index (χ0v) is 16.6. The number of nitrogens with zero attached hydrogens (tertiary/aromatic N) is 6. The summed E-state index contributed by atoms with van der Waals surface area (Å²) in [6.07, 6.45) is 0. The standard InChI is InChI=1S/C21H18N6O4/c1-2-30-15-10-8-14(9-11-15)27-20(28)17-18(21(27)29)26(25-23-17)12-16-22-19(24-31-16)13-6-4-3-5-7-13/h3-11,17-18H,2,12H2,1H3/t17-,18+/m1/s1. The molecule has 3 aromatic rings. The minimum Gasteiger partial charge on any atom is -0.494 e. The van der Waals surface area contributed by atoms with Gasteiger partial charge in [-0.05, 0) is 31.2 Å². The topological polar surface area (TPSA) is 113 Å². The second-order valence-corrected chi connectivity index (χ2v) is 7.01. The first-order chi connectivity index (χ1) is 15.2. The second kappa shape index (κ2) is 7.63. The number of aromatic nitrogens is 2. The van der Waals surface area contributed by atoms with Crippen LogP contribution in [0.25, 0.3) is 11.4 Å². The summed E-state index contributed by atoms with van der Waals surface area (Å²) in [6, 6.07) is 14.4. The normalized spacial score (nSPS) is 19.9. The first-order valence-electron chi connectivity index (χ1n) is 9.82. The molecular formula is C21H18N6O4. The molecule has 0 radical (unpaired) electrons. The summed E-state index contributed by atoms with van der Waals surface area (Å²) in [6.45, 7) is 2.48. The summed E-state index contributed by atoms with van der Waals surface area (Å²) in [7, 11) is 0. The van der Waals surface area contributed by atoms with Crippen molar-refractivity contribution < 1.29 is 18.8 Å². The predicted octanol–water partition coefficient (Wildman–Crippen LogP) is 2.63. The molecule has 2 amide bonds. The molecular weight excluding hydrogens is 400 g/mol. The van der Waals surface area contributed by atoms with E-state index in [1.165, 1.54) is 5.01 Å². The second-order valence-electron chi connectivity index (χ2n) is 7.01. The summed E-state index contributed by atoms with van der Waals surface area (Å²) in [5, 5.41) is 13.4. The quantitative estimate of drug-likeness (QED) is 0.565. The van der Waals surface area contributed by atoms with Gasteiger partial charge in [-0.2, -0.15) is 10.1 Å². The monoisotopic (exact) mass is 418 g/mol. The summed E-state index contributed by atoms with van der Waals surface area (Å²) < 4.78 is 10.7. The van der Waals surface area contributed by atoms with Crippen LogP contribution >= 0.6 is 0 Å². The van der Waals surface area contributed by atoms with E-state index in [2.05, 4.69) is 20.5 Å². The molecule has 0 N–H and O–H groups in total. The van der Waals surface area contributed by atoms with Crippen molar-refractivity contribution in [3.63, 3.8) is 0 Å². The van der Waals surface area contributed by atoms with Gasteiger partial charge >= 0.3 is 0 Å². The van der Waals surface area contributed by atoms with Gasteiger partial charge in [-0.15, -0.1) is 0 Å². The van der Waals surface area contributed by atoms with Crippen molar-refractivity contribution in [3.8, 4) is 17.1 Å². The third kappa shape index (κ3) is 3.31. The van der Waals surface area contributed by atoms with E-state index in [1.54, 1.807) is 24.3 Å². The Labute approximate surface area is 177 Å². The highest BCUT2D eigenvalue weighted by Crippen LogP contribution is 2.33. The van der Waals surface area contributed by atoms with Gasteiger partial charge in [0.05, 0.1) is 12.3 Å². The number of anilines is 1. The van der Waals surface area contributed by atoms with Gasteiger partial charge in [0.25, 0.3) is 11.8 Å². The van der Waals surface area contributed by atoms with Crippen LogP contribution in [0.5, 0.6) is 5.75 Å². The number of carbonyl (C=O) groups is 2. The van der Waals surface area contributed by atoms with E-state index >= 15 is 0 Å². The maximum Gasteiger partial charge on any atom is 0.263 e. The van der Waals surface area contributed by atoms with Crippen LogP contribution < -0.4 is 9.64 Å². The molecule has 2 aromatic carbocycles. The van der Waals surface area contributed by atoms with Gasteiger partial charge in [-0.25, -0.2) is 4.90 Å². The van der Waals surface area contributed by atoms with E-state index in [4.69, 9.17) is 9.26 Å². The van der Waals surface area contributed by atoms with Crippen LogP contribution in [0, 0.1) is 0 Å². The molecule has 2 aliphatic heterocycles. The zero-order valence-electron chi connectivity index (χ0n) is 16.6. The Balaban J connectivity index is 1.34. The third-order valence-electron chi connectivity index (χ3n) is 5.06. The van der Waals surface area contributed by atoms with Gasteiger partial charge in [0.1, 0.15) is 12.3 Å². The molecule has 0 spiro atoms. The van der Waals surface area contributed by atoms with E-state index in [9.17, 15) is 9.59 Å². The van der Waals surface area contributed by atoms with Crippen molar-refractivity contribution in [2.24, 2.45) is 10.3 Å². The highest BCUT2D eigenvalue weighted by atomic mass is 16.5. The molecule has 5 rings (SSSR count). The Morgan fingerprint density at radius 1 is 1.03 bits per heavy atom. The molecule has 1 saturated heterocycles. The summed E-state index contributed by atoms with van der Waals surface area (Å²) in [5.41, 5.74) is 1.28. The molecule has 1 aromatic heterocycles. The van der Waals surface area contributed by atoms with Crippen LogP contribution in [-0.2, 0) is 16.1 Å². The predicted molar refractivity (Wildman–Crippen MR) is 108 cm³/mol. The van der Waals surface area contributed by atoms with E-state index in [0.29, 0.717) is 23.9 Å². The lowest BCUT2D eigenvalue weighted by molar-refractivity contribution is -0.123. The number of hydrogen-bond acceptors (Lipinski definition) is 9. The molecule has 31 heavy (non-hydrogen) atoms. The van der Waals surface area contributed by atoms with Crippen molar-refractivity contribution in [2.75, 3.05) is 11.5 Å². The van der Waals surface area contributed by atoms with Crippen molar-refractivity contribution >= 4 is 17.5 Å². The van der Waals surface area contributed by atoms with E-state index in [0.717, 1.165) is 10.5 Å². The lowest BCUT2D eigenvalue weighted by atomic mass is 10.1. The first kappa shape index (κ1) is 18.9. The maximum atomic E-state index is 13.1. The average molecular weight is 418 g/mol. The highest BCUT2D eigenvalue weighted by Gasteiger charge is 2.55. The largest absolute Gasteiger partial charge is 0.494 e. The fraction of sp³-hybridized carbons (Fsp3) is 0.238. The fourth-order valence-electron chi connectivity index (χ4n) is 3.63. The van der Waals surface area contributed by atoms with Crippen LogP contribution in [0.4, 0.5) is 5.69 Å². The smallest absolute Gasteiger partial charge is 0.263 e. The van der Waals surface area contributed by atoms with Crippen molar-refractivity contribution in [3.05, 3.63) is 60.5 Å². The molecule has 1 fully saturated rings. The number of rotatable bonds is 6. The number of fused-ring (bicyclic) bond motifs is 1. The molecule has 2 aliphatic rings. The Morgan fingerprint density at radius 2 is 1.81 bits per heavy atom. The Bertz CT molecular complexity index is 1140. The van der Waals surface area contributed by atoms with Crippen molar-refractivity contribution in [1.29, 1.82) is 0 Å². The van der Waals surface area contributed by atoms with Crippen molar-refractivity contribution in [1.82, 2.24) is 15.1 Å². The Kier molecular flexibility index (Phi) is 4.66. The molecule has 3 heterocycles. The number of amides is 2. The SMILES string of the molecule is CCOc1ccc(N2C(=O)[C@@H]3[C@@H](N=NN3Cc3nc(-c4ccccc4)no3)C2=O)cc1. The molecule has 10 heteroatoms. The molecule has 0 aliphatic carbocycles. The molecule has 0 unspecified atom stereocenters. The molecule has 0 bridgehead atoms. The molecule has 2 atom stereocenters. The van der Waals surface area contributed by atoms with E-state index in [1.807, 2.05) is 37.3 Å². The fourth-order valence-corrected chi connectivity index (χ4v) is 3.63. The number of imide groups is 1. The third-order valence-corrected chi connectivity index (χ3v) is 5.06. The summed E-state index contributed by atoms with van der Waals surface area (Å²) in [4.78, 5) is 31.4. The first-order valence-corrected chi connectivity index (χ1v) is 9.82. The zero-order chi connectivity index (χ0) is 21.4. The van der Waals surface area contributed by atoms with Crippen LogP contribution in [0.15, 0.2) is 69.5 Å². The summed E-state index contributed by atoms with van der Waals surface area (Å²) >= 11 is 0. The van der Waals surface area contributed by atoms with Gasteiger partial charge in [0.15, 0.2) is 12.1 Å². The number of ether oxygens (including phenoxy) is 1. The number of benzene rings is 2. The Morgan fingerprint density at radius 3 is 2.55 bits per heavy atom. The molecule has 10 nitrogen and oxygen atoms in total. The van der Waals surface area contributed by atoms with Crippen LogP contribution in [0.1, 0.15) is 12.8 Å². The van der Waals surface area contributed by atoms with Gasteiger partial charge < -0.3 is 9.26 Å². The van der Waals surface area contributed by atoms with Crippen LogP contribution in [-0.4, -0.2) is 45.7 Å². The van der Waals surface area contributed by atoms with E-state index < -0.39 is 23.9 Å².